The molecule has 1 atom stereocenters. The van der Waals surface area contributed by atoms with Crippen molar-refractivity contribution in [1.82, 2.24) is 5.32 Å². The first-order valence-electron chi connectivity index (χ1n) is 7.83. The summed E-state index contributed by atoms with van der Waals surface area (Å²) in [7, 11) is 1.32. The van der Waals surface area contributed by atoms with Gasteiger partial charge in [-0.25, -0.2) is 9.18 Å². The third-order valence-electron chi connectivity index (χ3n) is 4.19. The number of benzene rings is 2. The second-order valence-electron chi connectivity index (χ2n) is 5.71. The summed E-state index contributed by atoms with van der Waals surface area (Å²) in [4.78, 5) is 14.2. The Kier molecular flexibility index (Phi) is 5.25. The van der Waals surface area contributed by atoms with Gasteiger partial charge in [0.25, 0.3) is 0 Å². The molecular formula is C19H16ClFN2O2S. The molecule has 0 aromatic heterocycles. The molecule has 0 saturated carbocycles. The van der Waals surface area contributed by atoms with Gasteiger partial charge in [0.2, 0.25) is 0 Å². The van der Waals surface area contributed by atoms with E-state index in [1.165, 1.54) is 19.2 Å². The minimum Gasteiger partial charge on any atom is -0.466 e. The summed E-state index contributed by atoms with van der Waals surface area (Å²) in [5.41, 5.74) is 2.34. The fraction of sp³-hybridized carbons (Fsp3) is 0.158. The fourth-order valence-corrected chi connectivity index (χ4v) is 3.57. The zero-order valence-corrected chi connectivity index (χ0v) is 15.7. The molecule has 4 nitrogen and oxygen atoms in total. The molecule has 1 aliphatic rings. The van der Waals surface area contributed by atoms with Crippen LogP contribution in [0.1, 0.15) is 18.5 Å². The van der Waals surface area contributed by atoms with Crippen LogP contribution >= 0.6 is 23.8 Å². The molecule has 0 unspecified atom stereocenters. The molecule has 0 spiro atoms. The van der Waals surface area contributed by atoms with E-state index in [0.29, 0.717) is 27.1 Å². The lowest BCUT2D eigenvalue weighted by Gasteiger charge is -2.37. The fourth-order valence-electron chi connectivity index (χ4n) is 2.96. The van der Waals surface area contributed by atoms with Gasteiger partial charge in [0.05, 0.1) is 18.7 Å². The predicted octanol–water partition coefficient (Wildman–Crippen LogP) is 4.36. The number of methoxy groups -OCH3 is 1. The van der Waals surface area contributed by atoms with E-state index < -0.39 is 12.0 Å². The summed E-state index contributed by atoms with van der Waals surface area (Å²) in [6, 6.07) is 12.5. The lowest BCUT2D eigenvalue weighted by molar-refractivity contribution is -0.136. The van der Waals surface area contributed by atoms with Crippen molar-refractivity contribution in [2.75, 3.05) is 12.0 Å². The maximum Gasteiger partial charge on any atom is 0.337 e. The molecule has 0 amide bonds. The first-order chi connectivity index (χ1) is 12.4. The Bertz CT molecular complexity index is 899. The van der Waals surface area contributed by atoms with Gasteiger partial charge >= 0.3 is 5.97 Å². The van der Waals surface area contributed by atoms with Crippen LogP contribution in [0.4, 0.5) is 10.1 Å². The van der Waals surface area contributed by atoms with E-state index in [2.05, 4.69) is 5.32 Å². The van der Waals surface area contributed by atoms with Crippen LogP contribution in [0, 0.1) is 5.82 Å². The van der Waals surface area contributed by atoms with E-state index in [0.717, 1.165) is 5.56 Å². The molecule has 0 saturated heterocycles. The Labute approximate surface area is 161 Å². The van der Waals surface area contributed by atoms with Crippen molar-refractivity contribution in [1.29, 1.82) is 0 Å². The number of hydrogen-bond donors (Lipinski definition) is 1. The standard InChI is InChI=1S/C19H16ClFN2O2S/c1-11-16(18(24)25-2)17(14-5-3-4-6-15(14)20)22-19(26)23(11)13-9-7-12(21)8-10-13/h3-10,17H,1-2H3,(H,22,26)/t17-/m0/s1. The van der Waals surface area contributed by atoms with Gasteiger partial charge in [-0.15, -0.1) is 0 Å². The Morgan fingerprint density at radius 1 is 1.23 bits per heavy atom. The first-order valence-corrected chi connectivity index (χ1v) is 8.62. The van der Waals surface area contributed by atoms with Crippen LogP contribution in [0.2, 0.25) is 5.02 Å². The highest BCUT2D eigenvalue weighted by atomic mass is 35.5. The molecule has 1 N–H and O–H groups in total. The first kappa shape index (κ1) is 18.4. The maximum absolute atomic E-state index is 13.3. The Morgan fingerprint density at radius 3 is 2.50 bits per heavy atom. The van der Waals surface area contributed by atoms with E-state index >= 15 is 0 Å². The highest BCUT2D eigenvalue weighted by Gasteiger charge is 2.36. The SMILES string of the molecule is COC(=O)C1=C(C)N(c2ccc(F)cc2)C(=S)N[C@H]1c1ccccc1Cl. The zero-order chi connectivity index (χ0) is 18.8. The molecule has 0 radical (unpaired) electrons. The van der Waals surface area contributed by atoms with Crippen LogP contribution in [-0.4, -0.2) is 18.2 Å². The molecule has 0 fully saturated rings. The van der Waals surface area contributed by atoms with E-state index in [1.54, 1.807) is 30.0 Å². The number of esters is 1. The second-order valence-corrected chi connectivity index (χ2v) is 6.50. The molecule has 26 heavy (non-hydrogen) atoms. The van der Waals surface area contributed by atoms with Crippen molar-refractivity contribution < 1.29 is 13.9 Å². The van der Waals surface area contributed by atoms with Gasteiger partial charge in [-0.2, -0.15) is 0 Å². The zero-order valence-electron chi connectivity index (χ0n) is 14.1. The molecule has 0 aliphatic carbocycles. The smallest absolute Gasteiger partial charge is 0.337 e. The maximum atomic E-state index is 13.3. The van der Waals surface area contributed by atoms with Crippen molar-refractivity contribution in [2.45, 2.75) is 13.0 Å². The van der Waals surface area contributed by atoms with Crippen LogP contribution in [0.15, 0.2) is 59.8 Å². The van der Waals surface area contributed by atoms with Crippen molar-refractivity contribution in [3.05, 3.63) is 76.2 Å². The van der Waals surface area contributed by atoms with Gasteiger partial charge in [-0.05, 0) is 55.0 Å². The molecule has 0 bridgehead atoms. The quantitative estimate of drug-likeness (QED) is 0.623. The third-order valence-corrected chi connectivity index (χ3v) is 4.84. The summed E-state index contributed by atoms with van der Waals surface area (Å²) >= 11 is 11.8. The minimum atomic E-state index is -0.541. The molecule has 2 aromatic rings. The molecule has 1 heterocycles. The van der Waals surface area contributed by atoms with Gasteiger partial charge in [0.1, 0.15) is 5.82 Å². The average molecular weight is 391 g/mol. The molecule has 2 aromatic carbocycles. The number of hydrogen-bond acceptors (Lipinski definition) is 3. The van der Waals surface area contributed by atoms with Crippen molar-refractivity contribution in [3.63, 3.8) is 0 Å². The van der Waals surface area contributed by atoms with E-state index in [4.69, 9.17) is 28.6 Å². The van der Waals surface area contributed by atoms with E-state index in [9.17, 15) is 9.18 Å². The van der Waals surface area contributed by atoms with Crippen LogP contribution in [-0.2, 0) is 9.53 Å². The normalized spacial score (nSPS) is 17.2. The highest BCUT2D eigenvalue weighted by molar-refractivity contribution is 7.80. The number of nitrogens with zero attached hydrogens (tertiary/aromatic N) is 1. The summed E-state index contributed by atoms with van der Waals surface area (Å²) < 4.78 is 18.2. The number of halogens is 2. The predicted molar refractivity (Wildman–Crippen MR) is 104 cm³/mol. The monoisotopic (exact) mass is 390 g/mol. The Balaban J connectivity index is 2.15. The number of anilines is 1. The van der Waals surface area contributed by atoms with Crippen LogP contribution in [0.3, 0.4) is 0 Å². The van der Waals surface area contributed by atoms with Crippen LogP contribution in [0.25, 0.3) is 0 Å². The number of thiocarbonyl (C=S) groups is 1. The minimum absolute atomic E-state index is 0.353. The van der Waals surface area contributed by atoms with Crippen LogP contribution in [0.5, 0.6) is 0 Å². The highest BCUT2D eigenvalue weighted by Crippen LogP contribution is 2.36. The molecule has 1 aliphatic heterocycles. The van der Waals surface area contributed by atoms with Gasteiger partial charge in [0, 0.05) is 16.4 Å². The van der Waals surface area contributed by atoms with E-state index in [-0.39, 0.29) is 5.82 Å². The topological polar surface area (TPSA) is 41.6 Å². The lowest BCUT2D eigenvalue weighted by atomic mass is 9.94. The second kappa shape index (κ2) is 7.43. The largest absolute Gasteiger partial charge is 0.466 e. The number of carbonyl (C=O) groups excluding carboxylic acids is 1. The lowest BCUT2D eigenvalue weighted by Crippen LogP contribution is -2.48. The van der Waals surface area contributed by atoms with Gasteiger partial charge in [0.15, 0.2) is 5.11 Å². The molecular weight excluding hydrogens is 375 g/mol. The third kappa shape index (κ3) is 3.30. The number of rotatable bonds is 3. The number of allylic oxidation sites excluding steroid dienone is 1. The molecule has 134 valence electrons. The van der Waals surface area contributed by atoms with Gasteiger partial charge in [-0.3, -0.25) is 4.90 Å². The molecule has 3 rings (SSSR count). The Hall–Kier alpha value is -2.44. The molecule has 7 heteroatoms. The van der Waals surface area contributed by atoms with Gasteiger partial charge in [-0.1, -0.05) is 29.8 Å². The van der Waals surface area contributed by atoms with Crippen molar-refractivity contribution in [2.24, 2.45) is 0 Å². The summed E-state index contributed by atoms with van der Waals surface area (Å²) in [6.45, 7) is 1.77. The number of nitrogens with one attached hydrogen (secondary N) is 1. The van der Waals surface area contributed by atoms with Crippen LogP contribution < -0.4 is 10.2 Å². The van der Waals surface area contributed by atoms with Crippen molar-refractivity contribution >= 4 is 40.6 Å². The number of ether oxygens (including phenoxy) is 1. The Morgan fingerprint density at radius 2 is 1.88 bits per heavy atom. The summed E-state index contributed by atoms with van der Waals surface area (Å²) in [5, 5.41) is 4.05. The average Bonchev–Trinajstić information content (AvgIpc) is 2.62. The van der Waals surface area contributed by atoms with E-state index in [1.807, 2.05) is 18.2 Å². The number of carbonyl (C=O) groups is 1. The summed E-state index contributed by atoms with van der Waals surface area (Å²) in [6.07, 6.45) is 0. The summed E-state index contributed by atoms with van der Waals surface area (Å²) in [5.74, 6) is -0.845. The van der Waals surface area contributed by atoms with Gasteiger partial charge < -0.3 is 10.1 Å². The van der Waals surface area contributed by atoms with Crippen molar-refractivity contribution in [3.8, 4) is 0 Å².